The first-order chi connectivity index (χ1) is 8.81. The number of hydrogen-bond acceptors (Lipinski definition) is 5. The van der Waals surface area contributed by atoms with Crippen molar-refractivity contribution in [3.8, 4) is 0 Å². The molecule has 1 aromatic rings. The number of hydrogen-bond donors (Lipinski definition) is 0. The van der Waals surface area contributed by atoms with E-state index in [1.165, 1.54) is 0 Å². The summed E-state index contributed by atoms with van der Waals surface area (Å²) in [4.78, 5) is 25.2. The highest BCUT2D eigenvalue weighted by Crippen LogP contribution is 2.24. The Morgan fingerprint density at radius 2 is 1.63 bits per heavy atom. The van der Waals surface area contributed by atoms with Crippen LogP contribution in [0.15, 0.2) is 24.3 Å². The fraction of sp³-hybridized carbons (Fsp3) is 0.333. The maximum Gasteiger partial charge on any atom is 0.264 e. The summed E-state index contributed by atoms with van der Waals surface area (Å²) in [5, 5.41) is 0. The van der Waals surface area contributed by atoms with Crippen molar-refractivity contribution in [1.82, 2.24) is 4.90 Å². The number of carbonyl (C=O) groups excluding carboxylic acids is 2. The third-order valence-corrected chi connectivity index (χ3v) is 3.35. The van der Waals surface area contributed by atoms with Gasteiger partial charge < -0.3 is 0 Å². The van der Waals surface area contributed by atoms with Gasteiger partial charge in [0, 0.05) is 0 Å². The molecule has 1 aromatic carbocycles. The summed E-state index contributed by atoms with van der Waals surface area (Å²) in [6, 6.07) is 5.83. The van der Waals surface area contributed by atoms with Gasteiger partial charge >= 0.3 is 0 Å². The van der Waals surface area contributed by atoms with E-state index >= 15 is 0 Å². The van der Waals surface area contributed by atoms with E-state index in [1.54, 1.807) is 31.2 Å². The van der Waals surface area contributed by atoms with E-state index in [0.717, 1.165) is 11.2 Å². The van der Waals surface area contributed by atoms with Crippen LogP contribution >= 0.6 is 0 Å². The molecule has 0 N–H and O–H groups in total. The summed E-state index contributed by atoms with van der Waals surface area (Å²) in [6.45, 7) is 1.32. The average Bonchev–Trinajstić information content (AvgIpc) is 2.59. The zero-order valence-corrected chi connectivity index (χ0v) is 11.3. The number of fused-ring (bicyclic) bond motifs is 1. The summed E-state index contributed by atoms with van der Waals surface area (Å²) in [5.41, 5.74) is 0.664. The standard InChI is InChI=1S/C12H13NO5S/c1-8(7-18-19(2,16)17)13-11(14)9-5-3-4-6-10(9)12(13)15/h3-6,8H,7H2,1-2H3/t8-/m0/s1. The highest BCUT2D eigenvalue weighted by molar-refractivity contribution is 7.85. The lowest BCUT2D eigenvalue weighted by Gasteiger charge is -2.21. The van der Waals surface area contributed by atoms with Gasteiger partial charge in [0.1, 0.15) is 0 Å². The van der Waals surface area contributed by atoms with Gasteiger partial charge in [-0.05, 0) is 19.1 Å². The molecule has 0 fully saturated rings. The molecular formula is C12H13NO5S. The first kappa shape index (κ1) is 13.7. The Morgan fingerprint density at radius 1 is 1.16 bits per heavy atom. The number of carbonyl (C=O) groups is 2. The lowest BCUT2D eigenvalue weighted by Crippen LogP contribution is -2.41. The molecule has 1 atom stereocenters. The van der Waals surface area contributed by atoms with Gasteiger partial charge in [-0.25, -0.2) is 0 Å². The molecule has 102 valence electrons. The first-order valence-corrected chi connectivity index (χ1v) is 7.44. The third kappa shape index (κ3) is 2.66. The summed E-state index contributed by atoms with van der Waals surface area (Å²) in [7, 11) is -3.60. The van der Waals surface area contributed by atoms with Crippen LogP contribution in [0.5, 0.6) is 0 Å². The number of nitrogens with zero attached hydrogens (tertiary/aromatic N) is 1. The van der Waals surface area contributed by atoms with E-state index in [1.807, 2.05) is 0 Å². The van der Waals surface area contributed by atoms with Crippen LogP contribution in [-0.2, 0) is 14.3 Å². The fourth-order valence-electron chi connectivity index (χ4n) is 1.90. The largest absolute Gasteiger partial charge is 0.269 e. The second kappa shape index (κ2) is 4.75. The van der Waals surface area contributed by atoms with Gasteiger partial charge in [-0.1, -0.05) is 12.1 Å². The van der Waals surface area contributed by atoms with E-state index in [0.29, 0.717) is 11.1 Å². The van der Waals surface area contributed by atoms with Gasteiger partial charge in [-0.2, -0.15) is 8.42 Å². The number of benzene rings is 1. The summed E-state index contributed by atoms with van der Waals surface area (Å²) in [5.74, 6) is -0.851. The molecule has 7 heteroatoms. The van der Waals surface area contributed by atoms with Gasteiger partial charge in [0.25, 0.3) is 21.9 Å². The van der Waals surface area contributed by atoms with Crippen LogP contribution in [0.1, 0.15) is 27.6 Å². The molecule has 0 saturated carbocycles. The van der Waals surface area contributed by atoms with Gasteiger partial charge in [0.05, 0.1) is 30.0 Å². The second-order valence-corrected chi connectivity index (χ2v) is 6.01. The Bertz CT molecular complexity index is 602. The average molecular weight is 283 g/mol. The predicted molar refractivity (Wildman–Crippen MR) is 67.2 cm³/mol. The molecule has 0 spiro atoms. The van der Waals surface area contributed by atoms with Crippen molar-refractivity contribution in [3.05, 3.63) is 35.4 Å². The van der Waals surface area contributed by atoms with Crippen LogP contribution in [0.25, 0.3) is 0 Å². The van der Waals surface area contributed by atoms with Gasteiger partial charge in [-0.3, -0.25) is 18.7 Å². The summed E-state index contributed by atoms with van der Waals surface area (Å²) in [6.07, 6.45) is 0.919. The molecular weight excluding hydrogens is 270 g/mol. The topological polar surface area (TPSA) is 80.8 Å². The molecule has 0 aromatic heterocycles. The van der Waals surface area contributed by atoms with Crippen LogP contribution in [0.3, 0.4) is 0 Å². The van der Waals surface area contributed by atoms with Crippen LogP contribution in [-0.4, -0.2) is 44.0 Å². The van der Waals surface area contributed by atoms with Gasteiger partial charge in [0.15, 0.2) is 0 Å². The molecule has 1 aliphatic rings. The second-order valence-electron chi connectivity index (χ2n) is 4.36. The Hall–Kier alpha value is -1.73. The van der Waals surface area contributed by atoms with Crippen LogP contribution in [0, 0.1) is 0 Å². The Kier molecular flexibility index (Phi) is 3.42. The van der Waals surface area contributed by atoms with Crippen molar-refractivity contribution in [2.24, 2.45) is 0 Å². The summed E-state index contributed by atoms with van der Waals surface area (Å²) < 4.78 is 26.5. The lowest BCUT2D eigenvalue weighted by atomic mass is 10.1. The van der Waals surface area contributed by atoms with Crippen molar-refractivity contribution in [2.45, 2.75) is 13.0 Å². The van der Waals surface area contributed by atoms with Crippen molar-refractivity contribution in [1.29, 1.82) is 0 Å². The number of imide groups is 1. The maximum atomic E-state index is 12.1. The fourth-order valence-corrected chi connectivity index (χ4v) is 2.35. The quantitative estimate of drug-likeness (QED) is 0.598. The lowest BCUT2D eigenvalue weighted by molar-refractivity contribution is 0.0553. The van der Waals surface area contributed by atoms with Crippen LogP contribution in [0.2, 0.25) is 0 Å². The van der Waals surface area contributed by atoms with Crippen LogP contribution < -0.4 is 0 Å². The molecule has 1 heterocycles. The highest BCUT2D eigenvalue weighted by Gasteiger charge is 2.38. The Labute approximate surface area is 111 Å². The molecule has 0 aliphatic carbocycles. The molecule has 1 aliphatic heterocycles. The minimum atomic E-state index is -3.60. The Morgan fingerprint density at radius 3 is 2.05 bits per heavy atom. The number of rotatable bonds is 4. The van der Waals surface area contributed by atoms with E-state index in [-0.39, 0.29) is 6.61 Å². The smallest absolute Gasteiger partial charge is 0.264 e. The molecule has 19 heavy (non-hydrogen) atoms. The van der Waals surface area contributed by atoms with E-state index in [4.69, 9.17) is 0 Å². The molecule has 0 bridgehead atoms. The van der Waals surface area contributed by atoms with E-state index < -0.39 is 28.0 Å². The molecule has 6 nitrogen and oxygen atoms in total. The molecule has 0 unspecified atom stereocenters. The SMILES string of the molecule is C[C@@H](COS(C)(=O)=O)N1C(=O)c2ccccc2C1=O. The predicted octanol–water partition coefficient (Wildman–Crippen LogP) is 0.647. The van der Waals surface area contributed by atoms with Crippen LogP contribution in [0.4, 0.5) is 0 Å². The minimum absolute atomic E-state index is 0.246. The van der Waals surface area contributed by atoms with Crippen molar-refractivity contribution in [2.75, 3.05) is 12.9 Å². The van der Waals surface area contributed by atoms with Crippen molar-refractivity contribution in [3.63, 3.8) is 0 Å². The first-order valence-electron chi connectivity index (χ1n) is 5.62. The normalized spacial score (nSPS) is 16.6. The molecule has 0 saturated heterocycles. The molecule has 0 radical (unpaired) electrons. The zero-order valence-electron chi connectivity index (χ0n) is 10.5. The minimum Gasteiger partial charge on any atom is -0.269 e. The third-order valence-electron chi connectivity index (χ3n) is 2.79. The van der Waals surface area contributed by atoms with Crippen molar-refractivity contribution >= 4 is 21.9 Å². The van der Waals surface area contributed by atoms with Gasteiger partial charge in [-0.15, -0.1) is 0 Å². The van der Waals surface area contributed by atoms with Crippen molar-refractivity contribution < 1.29 is 22.2 Å². The molecule has 2 amide bonds. The Balaban J connectivity index is 2.20. The summed E-state index contributed by atoms with van der Waals surface area (Å²) >= 11 is 0. The van der Waals surface area contributed by atoms with E-state index in [9.17, 15) is 18.0 Å². The highest BCUT2D eigenvalue weighted by atomic mass is 32.2. The molecule has 2 rings (SSSR count). The number of amides is 2. The van der Waals surface area contributed by atoms with Gasteiger partial charge in [0.2, 0.25) is 0 Å². The monoisotopic (exact) mass is 283 g/mol. The van der Waals surface area contributed by atoms with E-state index in [2.05, 4.69) is 4.18 Å². The maximum absolute atomic E-state index is 12.1. The zero-order chi connectivity index (χ0) is 14.2.